The van der Waals surface area contributed by atoms with Crippen LogP contribution < -0.4 is 0 Å². The van der Waals surface area contributed by atoms with E-state index >= 15 is 0 Å². The Morgan fingerprint density at radius 3 is 2.76 bits per heavy atom. The molecule has 1 unspecified atom stereocenters. The zero-order chi connectivity index (χ0) is 12.8. The number of hydrogen-bond donors (Lipinski definition) is 0. The van der Waals surface area contributed by atoms with Crippen LogP contribution in [0.1, 0.15) is 25.0 Å². The van der Waals surface area contributed by atoms with Gasteiger partial charge in [0.15, 0.2) is 0 Å². The number of aryl methyl sites for hydroxylation is 2. The number of carbonyl (C=O) groups is 1. The van der Waals surface area contributed by atoms with Crippen molar-refractivity contribution in [1.29, 1.82) is 0 Å². The predicted octanol–water partition coefficient (Wildman–Crippen LogP) is 3.59. The molecule has 0 aliphatic carbocycles. The minimum Gasteiger partial charge on any atom is -0.466 e. The second kappa shape index (κ2) is 6.70. The van der Waals surface area contributed by atoms with Crippen molar-refractivity contribution in [3.05, 3.63) is 29.3 Å². The van der Waals surface area contributed by atoms with Gasteiger partial charge in [-0.2, -0.15) is 0 Å². The highest BCUT2D eigenvalue weighted by molar-refractivity contribution is 7.99. The number of carbonyl (C=O) groups excluding carboxylic acids is 1. The van der Waals surface area contributed by atoms with E-state index in [9.17, 15) is 4.79 Å². The van der Waals surface area contributed by atoms with Crippen molar-refractivity contribution in [3.8, 4) is 0 Å². The van der Waals surface area contributed by atoms with Crippen molar-refractivity contribution in [2.24, 2.45) is 5.92 Å². The van der Waals surface area contributed by atoms with Crippen molar-refractivity contribution in [2.45, 2.75) is 32.6 Å². The molecular weight excluding hydrogens is 232 g/mol. The molecule has 1 aromatic rings. The van der Waals surface area contributed by atoms with E-state index in [1.165, 1.54) is 16.0 Å². The lowest BCUT2D eigenvalue weighted by Crippen LogP contribution is -2.16. The first-order valence-electron chi connectivity index (χ1n) is 5.91. The Bertz CT molecular complexity index is 388. The van der Waals surface area contributed by atoms with Crippen LogP contribution in [0.2, 0.25) is 0 Å². The standard InChI is InChI=1S/C14H20O2S/c1-5-16-14(15)12(4)9-17-13-8-10(2)6-7-11(13)3/h6-8,12H,5,9H2,1-4H3. The first kappa shape index (κ1) is 14.1. The van der Waals surface area contributed by atoms with Crippen LogP contribution in [0.4, 0.5) is 0 Å². The molecule has 0 aliphatic heterocycles. The zero-order valence-corrected chi connectivity index (χ0v) is 11.8. The third kappa shape index (κ3) is 4.43. The molecule has 0 fully saturated rings. The monoisotopic (exact) mass is 252 g/mol. The number of rotatable bonds is 5. The van der Waals surface area contributed by atoms with Gasteiger partial charge >= 0.3 is 5.97 Å². The van der Waals surface area contributed by atoms with Gasteiger partial charge in [0.1, 0.15) is 0 Å². The summed E-state index contributed by atoms with van der Waals surface area (Å²) in [4.78, 5) is 12.7. The molecule has 94 valence electrons. The molecule has 1 rings (SSSR count). The molecule has 0 saturated heterocycles. The lowest BCUT2D eigenvalue weighted by atomic mass is 10.2. The van der Waals surface area contributed by atoms with Gasteiger partial charge in [-0.25, -0.2) is 0 Å². The maximum Gasteiger partial charge on any atom is 0.309 e. The molecule has 1 atom stereocenters. The number of hydrogen-bond acceptors (Lipinski definition) is 3. The summed E-state index contributed by atoms with van der Waals surface area (Å²) in [7, 11) is 0. The molecule has 17 heavy (non-hydrogen) atoms. The molecule has 0 radical (unpaired) electrons. The predicted molar refractivity (Wildman–Crippen MR) is 72.4 cm³/mol. The Balaban J connectivity index is 2.55. The molecule has 0 bridgehead atoms. The van der Waals surface area contributed by atoms with E-state index in [0.29, 0.717) is 6.61 Å². The summed E-state index contributed by atoms with van der Waals surface area (Å²) in [6.45, 7) is 8.38. The van der Waals surface area contributed by atoms with Gasteiger partial charge in [0, 0.05) is 10.6 Å². The summed E-state index contributed by atoms with van der Waals surface area (Å²) in [6, 6.07) is 6.39. The molecule has 2 nitrogen and oxygen atoms in total. The normalized spacial score (nSPS) is 12.2. The average Bonchev–Trinajstić information content (AvgIpc) is 2.30. The fraction of sp³-hybridized carbons (Fsp3) is 0.500. The topological polar surface area (TPSA) is 26.3 Å². The molecule has 0 heterocycles. The van der Waals surface area contributed by atoms with Crippen LogP contribution in [0, 0.1) is 19.8 Å². The summed E-state index contributed by atoms with van der Waals surface area (Å²) < 4.78 is 4.99. The van der Waals surface area contributed by atoms with Crippen molar-refractivity contribution in [2.75, 3.05) is 12.4 Å². The SMILES string of the molecule is CCOC(=O)C(C)CSc1cc(C)ccc1C. The van der Waals surface area contributed by atoms with Crippen LogP contribution in [0.5, 0.6) is 0 Å². The fourth-order valence-corrected chi connectivity index (χ4v) is 2.56. The molecule has 0 N–H and O–H groups in total. The molecule has 1 aromatic carbocycles. The van der Waals surface area contributed by atoms with Gasteiger partial charge in [-0.3, -0.25) is 4.79 Å². The number of thioether (sulfide) groups is 1. The number of benzene rings is 1. The van der Waals surface area contributed by atoms with Crippen molar-refractivity contribution in [1.82, 2.24) is 0 Å². The summed E-state index contributed by atoms with van der Waals surface area (Å²) >= 11 is 1.72. The highest BCUT2D eigenvalue weighted by Crippen LogP contribution is 2.25. The first-order valence-corrected chi connectivity index (χ1v) is 6.89. The largest absolute Gasteiger partial charge is 0.466 e. The van der Waals surface area contributed by atoms with Gasteiger partial charge in [0.2, 0.25) is 0 Å². The van der Waals surface area contributed by atoms with E-state index in [-0.39, 0.29) is 11.9 Å². The second-order valence-electron chi connectivity index (χ2n) is 4.23. The lowest BCUT2D eigenvalue weighted by Gasteiger charge is -2.11. The van der Waals surface area contributed by atoms with Gasteiger partial charge in [-0.1, -0.05) is 24.6 Å². The molecule has 3 heteroatoms. The van der Waals surface area contributed by atoms with Crippen molar-refractivity contribution in [3.63, 3.8) is 0 Å². The minimum atomic E-state index is -0.106. The smallest absolute Gasteiger partial charge is 0.309 e. The molecule has 0 spiro atoms. The molecule has 0 saturated carbocycles. The van der Waals surface area contributed by atoms with Crippen LogP contribution >= 0.6 is 11.8 Å². The summed E-state index contributed by atoms with van der Waals surface area (Å²) in [5.74, 6) is 0.605. The van der Waals surface area contributed by atoms with Crippen LogP contribution in [0.3, 0.4) is 0 Å². The van der Waals surface area contributed by atoms with Crippen LogP contribution in [-0.2, 0) is 9.53 Å². The maximum absolute atomic E-state index is 11.5. The molecule has 0 amide bonds. The molecule has 0 aromatic heterocycles. The second-order valence-corrected chi connectivity index (χ2v) is 5.29. The van der Waals surface area contributed by atoms with E-state index in [0.717, 1.165) is 5.75 Å². The van der Waals surface area contributed by atoms with Crippen LogP contribution in [-0.4, -0.2) is 18.3 Å². The lowest BCUT2D eigenvalue weighted by molar-refractivity contribution is -0.146. The fourth-order valence-electron chi connectivity index (χ4n) is 1.43. The zero-order valence-electron chi connectivity index (χ0n) is 10.9. The highest BCUT2D eigenvalue weighted by Gasteiger charge is 2.14. The minimum absolute atomic E-state index is 0.0557. The Hall–Kier alpha value is -0.960. The van der Waals surface area contributed by atoms with Gasteiger partial charge in [0.25, 0.3) is 0 Å². The Kier molecular flexibility index (Phi) is 5.56. The maximum atomic E-state index is 11.5. The van der Waals surface area contributed by atoms with Gasteiger partial charge in [-0.05, 0) is 32.4 Å². The number of esters is 1. The summed E-state index contributed by atoms with van der Waals surface area (Å²) in [5.41, 5.74) is 2.51. The van der Waals surface area contributed by atoms with Gasteiger partial charge in [0.05, 0.1) is 12.5 Å². The molecule has 0 aliphatic rings. The van der Waals surface area contributed by atoms with Crippen molar-refractivity contribution >= 4 is 17.7 Å². The first-order chi connectivity index (χ1) is 8.04. The highest BCUT2D eigenvalue weighted by atomic mass is 32.2. The third-order valence-corrected chi connectivity index (χ3v) is 3.94. The van der Waals surface area contributed by atoms with E-state index in [1.54, 1.807) is 11.8 Å². The summed E-state index contributed by atoms with van der Waals surface area (Å²) in [6.07, 6.45) is 0. The Morgan fingerprint density at radius 1 is 1.41 bits per heavy atom. The molecular formula is C14H20O2S. The van der Waals surface area contributed by atoms with Gasteiger partial charge < -0.3 is 4.74 Å². The van der Waals surface area contributed by atoms with E-state index < -0.39 is 0 Å². The van der Waals surface area contributed by atoms with E-state index in [2.05, 4.69) is 32.0 Å². The van der Waals surface area contributed by atoms with Gasteiger partial charge in [-0.15, -0.1) is 11.8 Å². The van der Waals surface area contributed by atoms with Crippen LogP contribution in [0.15, 0.2) is 23.1 Å². The van der Waals surface area contributed by atoms with E-state index in [1.807, 2.05) is 13.8 Å². The van der Waals surface area contributed by atoms with Crippen molar-refractivity contribution < 1.29 is 9.53 Å². The number of ether oxygens (including phenoxy) is 1. The average molecular weight is 252 g/mol. The van der Waals surface area contributed by atoms with E-state index in [4.69, 9.17) is 4.74 Å². The Morgan fingerprint density at radius 2 is 2.12 bits per heavy atom. The Labute approximate surface area is 108 Å². The third-order valence-electron chi connectivity index (χ3n) is 2.52. The summed E-state index contributed by atoms with van der Waals surface area (Å²) in [5, 5.41) is 0. The van der Waals surface area contributed by atoms with Crippen LogP contribution in [0.25, 0.3) is 0 Å². The quantitative estimate of drug-likeness (QED) is 0.591.